The molecule has 1 aromatic carbocycles. The molecule has 0 fully saturated rings. The van der Waals surface area contributed by atoms with Gasteiger partial charge in [-0.05, 0) is 31.2 Å². The molecule has 1 N–H and O–H groups in total. The summed E-state index contributed by atoms with van der Waals surface area (Å²) in [5.41, 5.74) is 3.28. The predicted octanol–water partition coefficient (Wildman–Crippen LogP) is 2.07. The normalized spacial score (nSPS) is 10.8. The zero-order valence-electron chi connectivity index (χ0n) is 11.4. The molecule has 0 aliphatic carbocycles. The van der Waals surface area contributed by atoms with Crippen LogP contribution in [0.25, 0.3) is 0 Å². The van der Waals surface area contributed by atoms with E-state index in [1.54, 1.807) is 43.3 Å². The number of furan rings is 1. The lowest BCUT2D eigenvalue weighted by molar-refractivity contribution is -0.123. The molecule has 0 unspecified atom stereocenters. The first-order chi connectivity index (χ1) is 10.2. The molecule has 0 atom stereocenters. The third kappa shape index (κ3) is 3.94. The van der Waals surface area contributed by atoms with Gasteiger partial charge in [0.25, 0.3) is 5.91 Å². The molecule has 2 aromatic rings. The van der Waals surface area contributed by atoms with Crippen molar-refractivity contribution >= 4 is 11.6 Å². The van der Waals surface area contributed by atoms with Crippen molar-refractivity contribution in [2.45, 2.75) is 6.92 Å². The Morgan fingerprint density at radius 3 is 2.90 bits per heavy atom. The van der Waals surface area contributed by atoms with Crippen LogP contribution in [0.1, 0.15) is 18.2 Å². The fourth-order valence-corrected chi connectivity index (χ4v) is 1.55. The minimum Gasteiger partial charge on any atom is -0.482 e. The van der Waals surface area contributed by atoms with Crippen LogP contribution in [-0.2, 0) is 4.79 Å². The second-order valence-electron chi connectivity index (χ2n) is 4.11. The molecular formula is C15H13N3O3. The Hall–Kier alpha value is -3.07. The Morgan fingerprint density at radius 1 is 1.38 bits per heavy atom. The number of amides is 1. The lowest BCUT2D eigenvalue weighted by Gasteiger charge is -2.06. The number of nitrogens with zero attached hydrogens (tertiary/aromatic N) is 2. The quantitative estimate of drug-likeness (QED) is 0.672. The number of hydrogen-bond donors (Lipinski definition) is 1. The highest BCUT2D eigenvalue weighted by Gasteiger charge is 2.06. The average Bonchev–Trinajstić information content (AvgIpc) is 3.05. The summed E-state index contributed by atoms with van der Waals surface area (Å²) >= 11 is 0. The van der Waals surface area contributed by atoms with Gasteiger partial charge in [0.2, 0.25) is 0 Å². The van der Waals surface area contributed by atoms with Crippen molar-refractivity contribution in [2.75, 3.05) is 6.61 Å². The smallest absolute Gasteiger partial charge is 0.277 e. The molecule has 0 spiro atoms. The first-order valence-electron chi connectivity index (χ1n) is 6.19. The maximum atomic E-state index is 11.6. The van der Waals surface area contributed by atoms with Crippen molar-refractivity contribution in [2.24, 2.45) is 5.10 Å². The van der Waals surface area contributed by atoms with Crippen LogP contribution in [-0.4, -0.2) is 18.2 Å². The zero-order valence-corrected chi connectivity index (χ0v) is 11.4. The van der Waals surface area contributed by atoms with E-state index in [4.69, 9.17) is 14.4 Å². The molecule has 21 heavy (non-hydrogen) atoms. The molecule has 1 heterocycles. The van der Waals surface area contributed by atoms with Gasteiger partial charge < -0.3 is 9.15 Å². The van der Waals surface area contributed by atoms with E-state index >= 15 is 0 Å². The van der Waals surface area contributed by atoms with Crippen molar-refractivity contribution in [3.05, 3.63) is 54.0 Å². The fraction of sp³-hybridized carbons (Fsp3) is 0.133. The molecule has 0 bridgehead atoms. The van der Waals surface area contributed by atoms with E-state index < -0.39 is 5.91 Å². The second-order valence-corrected chi connectivity index (χ2v) is 4.11. The van der Waals surface area contributed by atoms with Gasteiger partial charge in [-0.2, -0.15) is 10.4 Å². The molecule has 1 amide bonds. The number of nitriles is 1. The first kappa shape index (κ1) is 14.3. The fourth-order valence-electron chi connectivity index (χ4n) is 1.55. The van der Waals surface area contributed by atoms with Crippen LogP contribution in [0.2, 0.25) is 0 Å². The molecule has 0 saturated carbocycles. The van der Waals surface area contributed by atoms with Crippen molar-refractivity contribution in [3.63, 3.8) is 0 Å². The SMILES string of the molecule is C/C(=N\NC(=O)COc1ccccc1C#N)c1ccco1. The number of carbonyl (C=O) groups is 1. The van der Waals surface area contributed by atoms with Gasteiger partial charge in [0, 0.05) is 0 Å². The Bertz CT molecular complexity index is 684. The van der Waals surface area contributed by atoms with Crippen LogP contribution < -0.4 is 10.2 Å². The van der Waals surface area contributed by atoms with Crippen LogP contribution in [0, 0.1) is 11.3 Å². The summed E-state index contributed by atoms with van der Waals surface area (Å²) in [7, 11) is 0. The van der Waals surface area contributed by atoms with Crippen molar-refractivity contribution in [1.29, 1.82) is 5.26 Å². The lowest BCUT2D eigenvalue weighted by Crippen LogP contribution is -2.25. The summed E-state index contributed by atoms with van der Waals surface area (Å²) in [4.78, 5) is 11.6. The van der Waals surface area contributed by atoms with Gasteiger partial charge >= 0.3 is 0 Å². The van der Waals surface area contributed by atoms with E-state index in [1.807, 2.05) is 6.07 Å². The van der Waals surface area contributed by atoms with Gasteiger partial charge in [-0.25, -0.2) is 5.43 Å². The summed E-state index contributed by atoms with van der Waals surface area (Å²) in [6.45, 7) is 1.48. The number of para-hydroxylation sites is 1. The minimum absolute atomic E-state index is 0.229. The van der Waals surface area contributed by atoms with Gasteiger partial charge in [-0.15, -0.1) is 0 Å². The van der Waals surface area contributed by atoms with Crippen molar-refractivity contribution in [3.8, 4) is 11.8 Å². The van der Waals surface area contributed by atoms with Gasteiger partial charge in [-0.1, -0.05) is 12.1 Å². The Labute approximate surface area is 121 Å². The molecule has 0 aliphatic heterocycles. The summed E-state index contributed by atoms with van der Waals surface area (Å²) in [5.74, 6) is 0.515. The van der Waals surface area contributed by atoms with E-state index in [0.29, 0.717) is 22.8 Å². The molecular weight excluding hydrogens is 270 g/mol. The van der Waals surface area contributed by atoms with Crippen LogP contribution in [0.3, 0.4) is 0 Å². The van der Waals surface area contributed by atoms with E-state index in [-0.39, 0.29) is 6.61 Å². The maximum Gasteiger partial charge on any atom is 0.277 e. The topological polar surface area (TPSA) is 87.6 Å². The minimum atomic E-state index is -0.423. The Morgan fingerprint density at radius 2 is 2.19 bits per heavy atom. The van der Waals surface area contributed by atoms with E-state index in [2.05, 4.69) is 10.5 Å². The molecule has 0 aliphatic rings. The van der Waals surface area contributed by atoms with Crippen LogP contribution >= 0.6 is 0 Å². The van der Waals surface area contributed by atoms with Crippen LogP contribution in [0.5, 0.6) is 5.75 Å². The number of rotatable bonds is 5. The average molecular weight is 283 g/mol. The van der Waals surface area contributed by atoms with E-state index in [1.165, 1.54) is 6.26 Å². The highest BCUT2D eigenvalue weighted by Crippen LogP contribution is 2.16. The summed E-state index contributed by atoms with van der Waals surface area (Å²) in [6.07, 6.45) is 1.53. The summed E-state index contributed by atoms with van der Waals surface area (Å²) < 4.78 is 10.4. The highest BCUT2D eigenvalue weighted by atomic mass is 16.5. The van der Waals surface area contributed by atoms with Crippen molar-refractivity contribution in [1.82, 2.24) is 5.43 Å². The van der Waals surface area contributed by atoms with Gasteiger partial charge in [0.05, 0.1) is 11.8 Å². The molecule has 6 nitrogen and oxygen atoms in total. The number of hydrogen-bond acceptors (Lipinski definition) is 5. The highest BCUT2D eigenvalue weighted by molar-refractivity contribution is 5.96. The molecule has 0 radical (unpaired) electrons. The maximum absolute atomic E-state index is 11.6. The summed E-state index contributed by atoms with van der Waals surface area (Å²) in [6, 6.07) is 12.2. The number of benzene rings is 1. The number of carbonyl (C=O) groups excluding carboxylic acids is 1. The standard InChI is InChI=1S/C15H13N3O3/c1-11(13-7-4-8-20-13)17-18-15(19)10-21-14-6-3-2-5-12(14)9-16/h2-8H,10H2,1H3,(H,18,19)/b17-11+. The van der Waals surface area contributed by atoms with E-state index in [9.17, 15) is 4.79 Å². The molecule has 2 rings (SSSR count). The van der Waals surface area contributed by atoms with Crippen LogP contribution in [0.4, 0.5) is 0 Å². The van der Waals surface area contributed by atoms with Gasteiger partial charge in [0.1, 0.15) is 23.3 Å². The van der Waals surface area contributed by atoms with Gasteiger partial charge in [0.15, 0.2) is 6.61 Å². The van der Waals surface area contributed by atoms with Crippen molar-refractivity contribution < 1.29 is 13.9 Å². The predicted molar refractivity (Wildman–Crippen MR) is 75.7 cm³/mol. The molecule has 106 valence electrons. The monoisotopic (exact) mass is 283 g/mol. The third-order valence-corrected chi connectivity index (χ3v) is 2.59. The molecule has 1 aromatic heterocycles. The lowest BCUT2D eigenvalue weighted by atomic mass is 10.2. The molecule has 0 saturated heterocycles. The first-order valence-corrected chi connectivity index (χ1v) is 6.19. The largest absolute Gasteiger partial charge is 0.482 e. The van der Waals surface area contributed by atoms with E-state index in [0.717, 1.165) is 0 Å². The second kappa shape index (κ2) is 6.91. The Kier molecular flexibility index (Phi) is 4.72. The third-order valence-electron chi connectivity index (χ3n) is 2.59. The summed E-state index contributed by atoms with van der Waals surface area (Å²) in [5, 5.41) is 12.8. The molecule has 6 heteroatoms. The zero-order chi connectivity index (χ0) is 15.1. The number of nitrogens with one attached hydrogen (secondary N) is 1. The van der Waals surface area contributed by atoms with Crippen LogP contribution in [0.15, 0.2) is 52.2 Å². The van der Waals surface area contributed by atoms with Gasteiger partial charge in [-0.3, -0.25) is 4.79 Å². The number of ether oxygens (including phenoxy) is 1. The number of hydrazone groups is 1. The Balaban J connectivity index is 1.88.